The summed E-state index contributed by atoms with van der Waals surface area (Å²) in [5.41, 5.74) is 1.57. The van der Waals surface area contributed by atoms with Crippen molar-refractivity contribution < 1.29 is 4.79 Å². The maximum atomic E-state index is 10.7. The van der Waals surface area contributed by atoms with Crippen molar-refractivity contribution in [3.8, 4) is 0 Å². The third kappa shape index (κ3) is 1.84. The Labute approximate surface area is 66.3 Å². The molecular weight excluding hydrogens is 408 g/mol. The van der Waals surface area contributed by atoms with Gasteiger partial charge in [-0.2, -0.15) is 6.92 Å². The number of hydrogen-bond acceptors (Lipinski definition) is 2. The van der Waals surface area contributed by atoms with Gasteiger partial charge in [-0.1, -0.05) is 13.0 Å². The Morgan fingerprint density at radius 3 is 2.58 bits per heavy atom. The molecule has 0 unspecified atom stereocenters. The van der Waals surface area contributed by atoms with Crippen molar-refractivity contribution in [1.82, 2.24) is 4.98 Å². The number of aryl methyl sites for hydroxylation is 1. The summed E-state index contributed by atoms with van der Waals surface area (Å²) in [6, 6.07) is 3.60. The number of ketones is 1. The fourth-order valence-corrected chi connectivity index (χ4v) is 0.799. The molecule has 0 aliphatic carbocycles. The average molecular weight is 418 g/mol. The molecule has 2 nitrogen and oxygen atoms in total. The smallest absolute Gasteiger partial charge is 0.0390 e. The minimum Gasteiger partial charge on any atom is -0.347 e. The molecule has 0 bridgehead atoms. The standard InChI is InChI=1S/C9H10NO.Bh/c1-3-8-4-5-9(7(2)11)10-6-8;/h4-6H,2-3H2,1H3;/q-1;. The van der Waals surface area contributed by atoms with Crippen LogP contribution in [0, 0.1) is 6.92 Å². The first kappa shape index (κ1) is 9.69. The van der Waals surface area contributed by atoms with E-state index in [-0.39, 0.29) is 5.78 Å². The van der Waals surface area contributed by atoms with E-state index in [4.69, 9.17) is 0 Å². The number of carbonyl (C=O) groups is 1. The number of aromatic nitrogens is 1. The van der Waals surface area contributed by atoms with Gasteiger partial charge >= 0.3 is 0 Å². The van der Waals surface area contributed by atoms with Gasteiger partial charge < -0.3 is 9.78 Å². The number of Topliss-reactive ketones (excluding diaryl/α,β-unsaturated/α-hetero) is 1. The van der Waals surface area contributed by atoms with Gasteiger partial charge in [0, 0.05) is 12.0 Å². The van der Waals surface area contributed by atoms with E-state index in [9.17, 15) is 4.79 Å². The number of nitrogens with zero attached hydrogens (tertiary/aromatic N) is 1. The van der Waals surface area contributed by atoms with Crippen molar-refractivity contribution >= 4 is 5.78 Å². The predicted molar refractivity (Wildman–Crippen MR) is 43.3 cm³/mol. The van der Waals surface area contributed by atoms with Gasteiger partial charge in [0.15, 0.2) is 0 Å². The van der Waals surface area contributed by atoms with Crippen LogP contribution in [0.5, 0.6) is 0 Å². The molecule has 0 saturated carbocycles. The number of carbonyl (C=O) groups excluding carboxylic acids is 1. The van der Waals surface area contributed by atoms with E-state index in [1.807, 2.05) is 13.0 Å². The van der Waals surface area contributed by atoms with Crippen LogP contribution in [0.1, 0.15) is 23.0 Å². The van der Waals surface area contributed by atoms with Crippen molar-refractivity contribution in [3.63, 3.8) is 0 Å². The first-order chi connectivity index (χ1) is 5.24. The van der Waals surface area contributed by atoms with E-state index in [0.717, 1.165) is 12.0 Å². The van der Waals surface area contributed by atoms with Gasteiger partial charge in [0.1, 0.15) is 0 Å². The quantitative estimate of drug-likeness (QED) is 0.541. The second-order valence-corrected chi connectivity index (χ2v) is 2.33. The fourth-order valence-electron chi connectivity index (χ4n) is 0.799. The summed E-state index contributed by atoms with van der Waals surface area (Å²) in [5, 5.41) is 0. The van der Waals surface area contributed by atoms with Gasteiger partial charge in [-0.15, -0.1) is 6.07 Å². The van der Waals surface area contributed by atoms with Crippen molar-refractivity contribution in [2.24, 2.45) is 0 Å². The third-order valence-corrected chi connectivity index (χ3v) is 1.52. The van der Waals surface area contributed by atoms with Crippen LogP contribution >= 0.6 is 0 Å². The van der Waals surface area contributed by atoms with Crippen LogP contribution in [0.2, 0.25) is 0 Å². The van der Waals surface area contributed by atoms with E-state index in [0.29, 0.717) is 5.69 Å². The monoisotopic (exact) mass is 418 g/mol. The molecule has 0 saturated heterocycles. The average Bonchev–Trinajstić information content (AvgIpc) is 2.05. The Kier molecular flexibility index (Phi) is 3.04. The van der Waals surface area contributed by atoms with Crippen molar-refractivity contribution in [1.29, 1.82) is 0 Å². The van der Waals surface area contributed by atoms with E-state index >= 15 is 0 Å². The van der Waals surface area contributed by atoms with Crippen LogP contribution in [0.25, 0.3) is 0 Å². The molecule has 0 aromatic carbocycles. The molecule has 1 heterocycles. The summed E-state index contributed by atoms with van der Waals surface area (Å²) in [6.45, 7) is 5.31. The molecule has 12 heavy (non-hydrogen) atoms. The van der Waals surface area contributed by atoms with Gasteiger partial charge in [0.05, 0.1) is 0 Å². The van der Waals surface area contributed by atoms with Crippen LogP contribution in [0.3, 0.4) is 0 Å². The zero-order chi connectivity index (χ0) is 8.27. The Balaban J connectivity index is 0.00000121. The fraction of sp³-hybridized carbons (Fsp3) is 0.222. The SMILES string of the molecule is [Bh].[CH2-]C(=O)c1ccc(CC)cn1. The second-order valence-electron chi connectivity index (χ2n) is 2.33. The molecule has 3 heteroatoms. The summed E-state index contributed by atoms with van der Waals surface area (Å²) in [6.07, 6.45) is 2.65. The maximum absolute atomic E-state index is 10.7. The zero-order valence-corrected chi connectivity index (χ0v) is 13.7. The van der Waals surface area contributed by atoms with Gasteiger partial charge in [0.2, 0.25) is 0 Å². The van der Waals surface area contributed by atoms with E-state index < -0.39 is 0 Å². The predicted octanol–water partition coefficient (Wildman–Crippen LogP) is 1.66. The molecule has 60 valence electrons. The Morgan fingerprint density at radius 1 is 1.58 bits per heavy atom. The molecule has 1 aromatic rings. The normalized spacial score (nSPS) is 8.75. The van der Waals surface area contributed by atoms with E-state index in [2.05, 4.69) is 11.9 Å². The minimum absolute atomic E-state index is 0. The van der Waals surface area contributed by atoms with Crippen molar-refractivity contribution in [2.75, 3.05) is 0 Å². The van der Waals surface area contributed by atoms with Gasteiger partial charge in [-0.25, -0.2) is 0 Å². The van der Waals surface area contributed by atoms with Crippen LogP contribution in [0.4, 0.5) is 0 Å². The summed E-state index contributed by atoms with van der Waals surface area (Å²) in [4.78, 5) is 14.6. The molecule has 0 radical (unpaired) electrons. The van der Waals surface area contributed by atoms with Crippen molar-refractivity contribution in [2.45, 2.75) is 13.3 Å². The third-order valence-electron chi connectivity index (χ3n) is 1.52. The van der Waals surface area contributed by atoms with Gasteiger partial charge in [-0.05, 0) is 17.7 Å². The molecule has 0 aliphatic heterocycles. The summed E-state index contributed by atoms with van der Waals surface area (Å²) in [7, 11) is 0. The number of rotatable bonds is 2. The first-order valence-corrected chi connectivity index (χ1v) is 3.55. The summed E-state index contributed by atoms with van der Waals surface area (Å²) in [5.74, 6) is -0.229. The molecule has 0 fully saturated rings. The van der Waals surface area contributed by atoms with Gasteiger partial charge in [0.25, 0.3) is 0 Å². The molecular formula is C9H10BhNO-. The molecule has 0 aliphatic rings. The minimum atomic E-state index is -0.229. The molecule has 1 aromatic heterocycles. The van der Waals surface area contributed by atoms with Crippen LogP contribution in [-0.2, 0) is 6.42 Å². The topological polar surface area (TPSA) is 30.0 Å². The van der Waals surface area contributed by atoms with E-state index in [1.165, 1.54) is 0 Å². The van der Waals surface area contributed by atoms with Crippen LogP contribution < -0.4 is 0 Å². The summed E-state index contributed by atoms with van der Waals surface area (Å²) >= 11 is 0. The Bertz CT molecular complexity index is 256. The van der Waals surface area contributed by atoms with Crippen molar-refractivity contribution in [3.05, 3.63) is 36.5 Å². The second kappa shape index (κ2) is 3.76. The van der Waals surface area contributed by atoms with Crippen LogP contribution in [-0.4, -0.2) is 10.8 Å². The van der Waals surface area contributed by atoms with E-state index in [1.54, 1.807) is 12.3 Å². The van der Waals surface area contributed by atoms with Gasteiger partial charge in [-0.3, -0.25) is 0 Å². The Hall–Kier alpha value is -2.31. The first-order valence-electron chi connectivity index (χ1n) is 3.55. The molecule has 0 atom stereocenters. The Morgan fingerprint density at radius 2 is 2.25 bits per heavy atom. The zero-order valence-electron chi connectivity index (χ0n) is 7.21. The van der Waals surface area contributed by atoms with Crippen LogP contribution in [0.15, 0.2) is 18.3 Å². The molecule has 0 spiro atoms. The molecule has 0 amide bonds. The molecule has 1 rings (SSSR count). The largest absolute Gasteiger partial charge is 0.347 e. The summed E-state index contributed by atoms with van der Waals surface area (Å²) < 4.78 is 0. The molecule has 0 N–H and O–H groups in total. The number of hydrogen-bond donors (Lipinski definition) is 0. The number of pyridine rings is 1. The maximum Gasteiger partial charge on any atom is 0.0390 e.